The Bertz CT molecular complexity index is 202. The number of carboxylic acid groups (broad SMARTS) is 1. The summed E-state index contributed by atoms with van der Waals surface area (Å²) in [6.45, 7) is 6.38. The minimum absolute atomic E-state index is 0.221. The lowest BCUT2D eigenvalue weighted by atomic mass is 9.86. The molecule has 4 nitrogen and oxygen atoms in total. The van der Waals surface area contributed by atoms with Gasteiger partial charge in [-0.1, -0.05) is 6.92 Å². The molecule has 2 unspecified atom stereocenters. The lowest BCUT2D eigenvalue weighted by molar-refractivity contribution is -0.146. The average Bonchev–Trinajstić information content (AvgIpc) is 2.01. The van der Waals surface area contributed by atoms with E-state index in [0.717, 1.165) is 13.1 Å². The molecule has 1 fully saturated rings. The lowest BCUT2D eigenvalue weighted by Crippen LogP contribution is -2.55. The molecule has 0 aromatic heterocycles. The highest BCUT2D eigenvalue weighted by atomic mass is 16.5. The van der Waals surface area contributed by atoms with Crippen molar-refractivity contribution in [2.45, 2.75) is 19.9 Å². The highest BCUT2D eigenvalue weighted by Crippen LogP contribution is 2.25. The number of aliphatic carboxylic acids is 1. The summed E-state index contributed by atoms with van der Waals surface area (Å²) in [6.07, 6.45) is 0. The largest absolute Gasteiger partial charge is 0.481 e. The van der Waals surface area contributed by atoms with Crippen LogP contribution in [0.5, 0.6) is 0 Å². The summed E-state index contributed by atoms with van der Waals surface area (Å²) < 4.78 is 5.05. The van der Waals surface area contributed by atoms with Crippen LogP contribution in [0, 0.1) is 11.8 Å². The molecule has 82 valence electrons. The third-order valence-electron chi connectivity index (χ3n) is 3.07. The van der Waals surface area contributed by atoms with Gasteiger partial charge in [0.25, 0.3) is 0 Å². The second kappa shape index (κ2) is 4.75. The molecule has 0 aliphatic carbocycles. The van der Waals surface area contributed by atoms with Gasteiger partial charge in [0.1, 0.15) is 0 Å². The second-order valence-electron chi connectivity index (χ2n) is 4.15. The van der Waals surface area contributed by atoms with Crippen molar-refractivity contribution in [3.63, 3.8) is 0 Å². The monoisotopic (exact) mass is 201 g/mol. The number of carboxylic acids is 1. The first-order chi connectivity index (χ1) is 6.56. The molecule has 0 aromatic rings. The van der Waals surface area contributed by atoms with E-state index in [0.29, 0.717) is 18.6 Å². The van der Waals surface area contributed by atoms with Crippen LogP contribution in [-0.2, 0) is 9.53 Å². The number of hydrogen-bond donors (Lipinski definition) is 1. The van der Waals surface area contributed by atoms with Gasteiger partial charge in [0.2, 0.25) is 0 Å². The van der Waals surface area contributed by atoms with E-state index in [2.05, 4.69) is 11.8 Å². The molecular formula is C10H19NO3. The van der Waals surface area contributed by atoms with Gasteiger partial charge in [0.15, 0.2) is 0 Å². The number of nitrogens with zero attached hydrogens (tertiary/aromatic N) is 1. The molecule has 0 amide bonds. The van der Waals surface area contributed by atoms with E-state index in [-0.39, 0.29) is 5.92 Å². The molecular weight excluding hydrogens is 182 g/mol. The van der Waals surface area contributed by atoms with E-state index in [1.807, 2.05) is 0 Å². The Balaban J connectivity index is 2.26. The fourth-order valence-electron chi connectivity index (χ4n) is 1.77. The molecule has 1 rings (SSSR count). The van der Waals surface area contributed by atoms with E-state index < -0.39 is 5.97 Å². The van der Waals surface area contributed by atoms with Crippen molar-refractivity contribution >= 4 is 5.97 Å². The van der Waals surface area contributed by atoms with Gasteiger partial charge in [0.05, 0.1) is 12.5 Å². The summed E-state index contributed by atoms with van der Waals surface area (Å²) in [4.78, 5) is 13.0. The molecule has 0 saturated carbocycles. The Morgan fingerprint density at radius 3 is 2.57 bits per heavy atom. The Morgan fingerprint density at radius 1 is 1.57 bits per heavy atom. The van der Waals surface area contributed by atoms with Crippen LogP contribution in [0.4, 0.5) is 0 Å². The van der Waals surface area contributed by atoms with Crippen molar-refractivity contribution in [1.82, 2.24) is 4.90 Å². The van der Waals surface area contributed by atoms with Crippen molar-refractivity contribution in [2.24, 2.45) is 11.8 Å². The van der Waals surface area contributed by atoms with Crippen LogP contribution in [0.3, 0.4) is 0 Å². The summed E-state index contributed by atoms with van der Waals surface area (Å²) in [5, 5.41) is 8.80. The maximum atomic E-state index is 10.7. The number of rotatable bonds is 5. The predicted molar refractivity (Wildman–Crippen MR) is 53.2 cm³/mol. The molecule has 0 aromatic carbocycles. The first-order valence-corrected chi connectivity index (χ1v) is 5.02. The van der Waals surface area contributed by atoms with Crippen LogP contribution < -0.4 is 0 Å². The summed E-state index contributed by atoms with van der Waals surface area (Å²) in [7, 11) is 1.69. The molecule has 1 aliphatic heterocycles. The van der Waals surface area contributed by atoms with Gasteiger partial charge < -0.3 is 9.84 Å². The third-order valence-corrected chi connectivity index (χ3v) is 3.07. The number of carbonyl (C=O) groups is 1. The second-order valence-corrected chi connectivity index (χ2v) is 4.15. The average molecular weight is 201 g/mol. The summed E-state index contributed by atoms with van der Waals surface area (Å²) >= 11 is 0. The van der Waals surface area contributed by atoms with Crippen molar-refractivity contribution in [3.05, 3.63) is 0 Å². The van der Waals surface area contributed by atoms with Gasteiger partial charge in [-0.25, -0.2) is 0 Å². The molecule has 1 N–H and O–H groups in total. The number of ether oxygens (including phenoxy) is 1. The molecule has 0 spiro atoms. The van der Waals surface area contributed by atoms with Crippen molar-refractivity contribution in [2.75, 3.05) is 26.8 Å². The molecule has 2 atom stereocenters. The number of methoxy groups -OCH3 is 1. The van der Waals surface area contributed by atoms with Gasteiger partial charge in [-0.15, -0.1) is 0 Å². The maximum absolute atomic E-state index is 10.7. The van der Waals surface area contributed by atoms with Crippen molar-refractivity contribution in [1.29, 1.82) is 0 Å². The van der Waals surface area contributed by atoms with Crippen LogP contribution in [0.2, 0.25) is 0 Å². The van der Waals surface area contributed by atoms with E-state index >= 15 is 0 Å². The standard InChI is InChI=1S/C10H19NO3/c1-7(6-14-3)11-4-9(5-11)8(2)10(12)13/h7-9H,4-6H2,1-3H3,(H,12,13). The van der Waals surface area contributed by atoms with Crippen molar-refractivity contribution < 1.29 is 14.6 Å². The van der Waals surface area contributed by atoms with E-state index in [4.69, 9.17) is 9.84 Å². The van der Waals surface area contributed by atoms with Crippen LogP contribution in [0.1, 0.15) is 13.8 Å². The van der Waals surface area contributed by atoms with E-state index in [1.165, 1.54) is 0 Å². The molecule has 14 heavy (non-hydrogen) atoms. The van der Waals surface area contributed by atoms with Gasteiger partial charge in [-0.3, -0.25) is 9.69 Å². The first-order valence-electron chi connectivity index (χ1n) is 5.02. The van der Waals surface area contributed by atoms with Gasteiger partial charge in [-0.2, -0.15) is 0 Å². The van der Waals surface area contributed by atoms with Crippen LogP contribution >= 0.6 is 0 Å². The third kappa shape index (κ3) is 2.45. The fraction of sp³-hybridized carbons (Fsp3) is 0.900. The zero-order chi connectivity index (χ0) is 10.7. The van der Waals surface area contributed by atoms with Gasteiger partial charge >= 0.3 is 5.97 Å². The predicted octanol–water partition coefficient (Wildman–Crippen LogP) is 0.674. The highest BCUT2D eigenvalue weighted by molar-refractivity contribution is 5.70. The molecule has 0 radical (unpaired) electrons. The zero-order valence-corrected chi connectivity index (χ0v) is 9.06. The Hall–Kier alpha value is -0.610. The smallest absolute Gasteiger partial charge is 0.306 e. The van der Waals surface area contributed by atoms with Crippen molar-refractivity contribution in [3.8, 4) is 0 Å². The highest BCUT2D eigenvalue weighted by Gasteiger charge is 2.36. The molecule has 0 bridgehead atoms. The Labute approximate surface area is 84.8 Å². The fourth-order valence-corrected chi connectivity index (χ4v) is 1.77. The molecule has 1 aliphatic rings. The molecule has 1 heterocycles. The lowest BCUT2D eigenvalue weighted by Gasteiger charge is -2.44. The Kier molecular flexibility index (Phi) is 3.89. The molecule has 1 saturated heterocycles. The van der Waals surface area contributed by atoms with E-state index in [1.54, 1.807) is 14.0 Å². The quantitative estimate of drug-likeness (QED) is 0.710. The van der Waals surface area contributed by atoms with Gasteiger partial charge in [-0.05, 0) is 12.8 Å². The summed E-state index contributed by atoms with van der Waals surface area (Å²) in [6, 6.07) is 0.400. The van der Waals surface area contributed by atoms with E-state index in [9.17, 15) is 4.79 Å². The normalized spacial score (nSPS) is 22.8. The molecule has 4 heteroatoms. The van der Waals surface area contributed by atoms with Crippen LogP contribution in [0.25, 0.3) is 0 Å². The van der Waals surface area contributed by atoms with Crippen LogP contribution in [-0.4, -0.2) is 48.8 Å². The zero-order valence-electron chi connectivity index (χ0n) is 9.06. The Morgan fingerprint density at radius 2 is 2.14 bits per heavy atom. The first kappa shape index (κ1) is 11.5. The number of likely N-dealkylation sites (tertiary alicyclic amines) is 1. The van der Waals surface area contributed by atoms with Gasteiger partial charge in [0, 0.05) is 26.2 Å². The summed E-state index contributed by atoms with van der Waals surface area (Å²) in [5.41, 5.74) is 0. The number of hydrogen-bond acceptors (Lipinski definition) is 3. The minimum atomic E-state index is -0.686. The summed E-state index contributed by atoms with van der Waals surface area (Å²) in [5.74, 6) is -0.596. The van der Waals surface area contributed by atoms with Crippen LogP contribution in [0.15, 0.2) is 0 Å². The topological polar surface area (TPSA) is 49.8 Å². The SMILES string of the molecule is COCC(C)N1CC(C(C)C(=O)O)C1. The maximum Gasteiger partial charge on any atom is 0.306 e. The minimum Gasteiger partial charge on any atom is -0.481 e.